The van der Waals surface area contributed by atoms with E-state index in [-0.39, 0.29) is 24.2 Å². The first-order valence-corrected chi connectivity index (χ1v) is 22.6. The molecule has 7 heteroatoms. The molecule has 55 heavy (non-hydrogen) atoms. The Bertz CT molecular complexity index is 1270. The van der Waals surface area contributed by atoms with Crippen LogP contribution in [0, 0.1) is 35.3 Å². The summed E-state index contributed by atoms with van der Waals surface area (Å²) in [4.78, 5) is 0. The predicted molar refractivity (Wildman–Crippen MR) is 216 cm³/mol. The van der Waals surface area contributed by atoms with Crippen LogP contribution in [0.15, 0.2) is 36.4 Å². The molecule has 6 rings (SSSR count). The average molecular weight is 767 g/mol. The third-order valence-corrected chi connectivity index (χ3v) is 13.3. The zero-order chi connectivity index (χ0) is 38.2. The van der Waals surface area contributed by atoms with E-state index in [0.29, 0.717) is 61.6 Å². The van der Waals surface area contributed by atoms with Gasteiger partial charge in [0.1, 0.15) is 11.6 Å². The topological polar surface area (TPSA) is 46.2 Å². The molecule has 0 spiro atoms. The predicted octanol–water partition coefficient (Wildman–Crippen LogP) is 12.2. The number of rotatable bonds is 20. The van der Waals surface area contributed by atoms with Gasteiger partial charge in [-0.15, -0.1) is 0 Å². The molecule has 2 heterocycles. The van der Waals surface area contributed by atoms with Gasteiger partial charge in [0.25, 0.3) is 0 Å². The molecular weight excluding hydrogens is 695 g/mol. The molecule has 2 saturated heterocycles. The summed E-state index contributed by atoms with van der Waals surface area (Å²) < 4.78 is 60.8. The number of aryl methyl sites for hydroxylation is 2. The molecule has 0 unspecified atom stereocenters. The molecule has 0 radical (unpaired) electrons. The average Bonchev–Trinajstić information content (AvgIpc) is 3.22. The van der Waals surface area contributed by atoms with Gasteiger partial charge in [0.2, 0.25) is 0 Å². The van der Waals surface area contributed by atoms with Crippen LogP contribution in [0.4, 0.5) is 8.78 Å². The molecule has 0 amide bonds. The SMILES string of the molecule is CCCCCC1COC(C2CCC(c3ccc(CCCOCCCc4ccc(C5CCC(C6OCC(CCCCC)CO6)CC5)cc4F)c(F)c3)CC2)OC1. The van der Waals surface area contributed by atoms with Gasteiger partial charge in [0, 0.05) is 36.9 Å². The molecule has 0 atom stereocenters. The minimum absolute atomic E-state index is 0.0650. The smallest absolute Gasteiger partial charge is 0.160 e. The first kappa shape index (κ1) is 42.7. The van der Waals surface area contributed by atoms with E-state index in [1.54, 1.807) is 12.1 Å². The second kappa shape index (κ2) is 22.9. The van der Waals surface area contributed by atoms with Crippen molar-refractivity contribution in [2.45, 2.75) is 167 Å². The van der Waals surface area contributed by atoms with Crippen LogP contribution in [0.2, 0.25) is 0 Å². The molecule has 4 fully saturated rings. The van der Waals surface area contributed by atoms with Crippen LogP contribution in [-0.4, -0.2) is 52.2 Å². The van der Waals surface area contributed by atoms with E-state index in [9.17, 15) is 0 Å². The maximum atomic E-state index is 15.1. The number of unbranched alkanes of at least 4 members (excludes halogenated alkanes) is 4. The van der Waals surface area contributed by atoms with Gasteiger partial charge in [0.05, 0.1) is 26.4 Å². The van der Waals surface area contributed by atoms with Gasteiger partial charge in [-0.25, -0.2) is 8.78 Å². The highest BCUT2D eigenvalue weighted by Crippen LogP contribution is 2.41. The standard InChI is InChI=1S/C48H72F2O5/c1-3-5-7-11-35-31-52-47(53-32-35)41-21-15-37(16-22-41)43-25-19-39(45(49)29-43)13-9-27-51-28-10-14-40-20-26-44(30-46(40)50)38-17-23-42(24-18-38)48-54-33-36(34-55-48)12-8-6-4-2/h19-20,25-26,29-30,35-38,41-42,47-48H,3-18,21-24,27-28,31-34H2,1-2H3. The van der Waals surface area contributed by atoms with Crippen molar-refractivity contribution in [3.8, 4) is 0 Å². The van der Waals surface area contributed by atoms with Crippen LogP contribution in [-0.2, 0) is 36.5 Å². The first-order valence-electron chi connectivity index (χ1n) is 22.6. The van der Waals surface area contributed by atoms with Crippen LogP contribution in [0.25, 0.3) is 0 Å². The molecule has 308 valence electrons. The van der Waals surface area contributed by atoms with Crippen molar-refractivity contribution in [3.63, 3.8) is 0 Å². The molecule has 2 aromatic rings. The Balaban J connectivity index is 0.814. The highest BCUT2D eigenvalue weighted by atomic mass is 19.1. The molecule has 2 aliphatic carbocycles. The Morgan fingerprint density at radius 2 is 0.927 bits per heavy atom. The van der Waals surface area contributed by atoms with Crippen molar-refractivity contribution >= 4 is 0 Å². The minimum atomic E-state index is -0.0990. The van der Waals surface area contributed by atoms with Crippen LogP contribution in [0.5, 0.6) is 0 Å². The van der Waals surface area contributed by atoms with E-state index in [0.717, 1.165) is 113 Å². The Kier molecular flexibility index (Phi) is 17.8. The molecule has 2 aliphatic heterocycles. The van der Waals surface area contributed by atoms with Crippen molar-refractivity contribution in [3.05, 3.63) is 70.3 Å². The molecule has 0 bridgehead atoms. The largest absolute Gasteiger partial charge is 0.381 e. The second-order valence-electron chi connectivity index (χ2n) is 17.5. The lowest BCUT2D eigenvalue weighted by atomic mass is 9.78. The zero-order valence-electron chi connectivity index (χ0n) is 34.3. The Hall–Kier alpha value is -1.90. The summed E-state index contributed by atoms with van der Waals surface area (Å²) >= 11 is 0. The number of ether oxygens (including phenoxy) is 5. The second-order valence-corrected chi connectivity index (χ2v) is 17.5. The van der Waals surface area contributed by atoms with E-state index < -0.39 is 0 Å². The lowest BCUT2D eigenvalue weighted by molar-refractivity contribution is -0.229. The third kappa shape index (κ3) is 13.1. The molecule has 0 N–H and O–H groups in total. The normalized spacial score (nSPS) is 29.0. The fraction of sp³-hybridized carbons (Fsp3) is 0.750. The quantitative estimate of drug-likeness (QED) is 0.126. The summed E-state index contributed by atoms with van der Waals surface area (Å²) in [7, 11) is 0. The van der Waals surface area contributed by atoms with Gasteiger partial charge >= 0.3 is 0 Å². The fourth-order valence-electron chi connectivity index (χ4n) is 9.68. The Morgan fingerprint density at radius 3 is 1.29 bits per heavy atom. The van der Waals surface area contributed by atoms with E-state index >= 15 is 8.78 Å². The highest BCUT2D eigenvalue weighted by molar-refractivity contribution is 5.28. The molecule has 0 aromatic heterocycles. The molecule has 5 nitrogen and oxygen atoms in total. The molecule has 2 saturated carbocycles. The van der Waals surface area contributed by atoms with E-state index in [2.05, 4.69) is 26.0 Å². The molecule has 2 aromatic carbocycles. The van der Waals surface area contributed by atoms with Gasteiger partial charge in [-0.05, 0) is 136 Å². The first-order chi connectivity index (χ1) is 27.0. The fourth-order valence-corrected chi connectivity index (χ4v) is 9.68. The third-order valence-electron chi connectivity index (χ3n) is 13.3. The summed E-state index contributed by atoms with van der Waals surface area (Å²) in [5.74, 6) is 2.59. The Morgan fingerprint density at radius 1 is 0.527 bits per heavy atom. The summed E-state index contributed by atoms with van der Waals surface area (Å²) in [5, 5.41) is 0. The number of hydrogen-bond acceptors (Lipinski definition) is 5. The summed E-state index contributed by atoms with van der Waals surface area (Å²) in [6.07, 6.45) is 21.3. The van der Waals surface area contributed by atoms with Crippen molar-refractivity contribution in [1.82, 2.24) is 0 Å². The summed E-state index contributed by atoms with van der Waals surface area (Å²) in [6, 6.07) is 11.8. The Labute approximate surface area is 332 Å². The lowest BCUT2D eigenvalue weighted by Crippen LogP contribution is -2.38. The number of halogens is 2. The summed E-state index contributed by atoms with van der Waals surface area (Å²) in [5.41, 5.74) is 3.76. The zero-order valence-corrected chi connectivity index (χ0v) is 34.3. The van der Waals surface area contributed by atoms with Gasteiger partial charge in [-0.3, -0.25) is 0 Å². The van der Waals surface area contributed by atoms with Crippen LogP contribution < -0.4 is 0 Å². The molecule has 4 aliphatic rings. The highest BCUT2D eigenvalue weighted by Gasteiger charge is 2.34. The van der Waals surface area contributed by atoms with E-state index in [1.807, 2.05) is 12.1 Å². The molecular formula is C48H72F2O5. The maximum Gasteiger partial charge on any atom is 0.160 e. The van der Waals surface area contributed by atoms with E-state index in [4.69, 9.17) is 23.7 Å². The van der Waals surface area contributed by atoms with Crippen molar-refractivity contribution in [1.29, 1.82) is 0 Å². The van der Waals surface area contributed by atoms with Crippen LogP contribution in [0.3, 0.4) is 0 Å². The van der Waals surface area contributed by atoms with Crippen molar-refractivity contribution in [2.75, 3.05) is 39.6 Å². The maximum absolute atomic E-state index is 15.1. The van der Waals surface area contributed by atoms with Gasteiger partial charge in [0.15, 0.2) is 12.6 Å². The van der Waals surface area contributed by atoms with Crippen molar-refractivity contribution < 1.29 is 32.5 Å². The minimum Gasteiger partial charge on any atom is -0.381 e. The number of benzene rings is 2. The summed E-state index contributed by atoms with van der Waals surface area (Å²) in [6.45, 7) is 8.96. The van der Waals surface area contributed by atoms with Gasteiger partial charge < -0.3 is 23.7 Å². The van der Waals surface area contributed by atoms with Gasteiger partial charge in [-0.2, -0.15) is 0 Å². The van der Waals surface area contributed by atoms with Crippen molar-refractivity contribution in [2.24, 2.45) is 23.7 Å². The monoisotopic (exact) mass is 767 g/mol. The van der Waals surface area contributed by atoms with E-state index in [1.165, 1.54) is 51.4 Å². The lowest BCUT2D eigenvalue weighted by Gasteiger charge is -2.37. The number of hydrogen-bond donors (Lipinski definition) is 0. The van der Waals surface area contributed by atoms with Gasteiger partial charge in [-0.1, -0.05) is 76.6 Å². The van der Waals surface area contributed by atoms with Crippen LogP contribution >= 0.6 is 0 Å². The van der Waals surface area contributed by atoms with Crippen LogP contribution in [0.1, 0.15) is 164 Å².